The van der Waals surface area contributed by atoms with Gasteiger partial charge in [0.1, 0.15) is 5.75 Å². The highest BCUT2D eigenvalue weighted by molar-refractivity contribution is 6.50. The average molecular weight is 391 g/mol. The predicted octanol–water partition coefficient (Wildman–Crippen LogP) is 3.78. The fourth-order valence-corrected chi connectivity index (χ4v) is 2.63. The highest BCUT2D eigenvalue weighted by atomic mass is 35.5. The molecule has 8 heteroatoms. The molecule has 0 atom stereocenters. The number of benzene rings is 2. The summed E-state index contributed by atoms with van der Waals surface area (Å²) in [4.78, 5) is 29.6. The molecule has 0 aliphatic carbocycles. The van der Waals surface area contributed by atoms with Crippen molar-refractivity contribution in [1.82, 2.24) is 9.97 Å². The summed E-state index contributed by atoms with van der Waals surface area (Å²) >= 11 is 12.2. The van der Waals surface area contributed by atoms with Crippen molar-refractivity contribution in [3.05, 3.63) is 69.2 Å². The van der Waals surface area contributed by atoms with E-state index in [1.54, 1.807) is 48.5 Å². The summed E-state index contributed by atoms with van der Waals surface area (Å²) in [6.07, 6.45) is 1.63. The Morgan fingerprint density at radius 1 is 1.23 bits per heavy atom. The third kappa shape index (κ3) is 4.22. The number of fused-ring (bicyclic) bond motifs is 1. The van der Waals surface area contributed by atoms with Crippen molar-refractivity contribution in [1.29, 1.82) is 0 Å². The molecule has 2 aromatic carbocycles. The number of aliphatic carboxylic acids is 1. The smallest absolute Gasteiger partial charge is 0.341 e. The number of carboxylic acid groups (broad SMARTS) is 1. The van der Waals surface area contributed by atoms with Gasteiger partial charge in [-0.3, -0.25) is 4.79 Å². The number of aromatic amines is 1. The van der Waals surface area contributed by atoms with Crippen LogP contribution in [0.5, 0.6) is 5.75 Å². The molecule has 0 amide bonds. The molecule has 6 nitrogen and oxygen atoms in total. The number of carbonyl (C=O) groups is 1. The summed E-state index contributed by atoms with van der Waals surface area (Å²) in [5.41, 5.74) is 0.880. The van der Waals surface area contributed by atoms with Gasteiger partial charge in [-0.15, -0.1) is 0 Å². The van der Waals surface area contributed by atoms with Crippen molar-refractivity contribution < 1.29 is 14.6 Å². The number of hydrogen-bond acceptors (Lipinski definition) is 4. The van der Waals surface area contributed by atoms with Crippen molar-refractivity contribution in [3.63, 3.8) is 0 Å². The fourth-order valence-electron chi connectivity index (χ4n) is 2.24. The van der Waals surface area contributed by atoms with E-state index < -0.39 is 12.6 Å². The summed E-state index contributed by atoms with van der Waals surface area (Å²) in [5, 5.41) is 9.67. The van der Waals surface area contributed by atoms with E-state index in [1.165, 1.54) is 0 Å². The van der Waals surface area contributed by atoms with Crippen LogP contribution < -0.4 is 10.3 Å². The number of halogens is 2. The van der Waals surface area contributed by atoms with E-state index in [4.69, 9.17) is 33.0 Å². The molecule has 3 rings (SSSR count). The van der Waals surface area contributed by atoms with Crippen molar-refractivity contribution >= 4 is 51.2 Å². The SMILES string of the molecule is O=C(O)COc1ccc(/C=C(\Cl)c2nc3ccc(Cl)cc3c(=O)[nH]2)cc1. The van der Waals surface area contributed by atoms with E-state index in [-0.39, 0.29) is 16.4 Å². The van der Waals surface area contributed by atoms with Gasteiger partial charge in [0.2, 0.25) is 0 Å². The Bertz CT molecular complexity index is 1060. The van der Waals surface area contributed by atoms with Crippen LogP contribution in [0, 0.1) is 0 Å². The number of ether oxygens (including phenoxy) is 1. The minimum Gasteiger partial charge on any atom is -0.482 e. The van der Waals surface area contributed by atoms with Gasteiger partial charge in [-0.1, -0.05) is 35.3 Å². The quantitative estimate of drug-likeness (QED) is 0.691. The van der Waals surface area contributed by atoms with E-state index in [2.05, 4.69) is 9.97 Å². The Kier molecular flexibility index (Phi) is 5.25. The molecule has 132 valence electrons. The Morgan fingerprint density at radius 3 is 2.65 bits per heavy atom. The Labute approximate surface area is 157 Å². The summed E-state index contributed by atoms with van der Waals surface area (Å²) in [6.45, 7) is -0.414. The first-order valence-electron chi connectivity index (χ1n) is 7.44. The molecule has 26 heavy (non-hydrogen) atoms. The van der Waals surface area contributed by atoms with Crippen LogP contribution in [-0.2, 0) is 4.79 Å². The largest absolute Gasteiger partial charge is 0.482 e. The zero-order chi connectivity index (χ0) is 18.7. The maximum atomic E-state index is 12.2. The second-order valence-electron chi connectivity index (χ2n) is 5.32. The maximum Gasteiger partial charge on any atom is 0.341 e. The van der Waals surface area contributed by atoms with Crippen molar-refractivity contribution in [3.8, 4) is 5.75 Å². The van der Waals surface area contributed by atoms with Crippen LogP contribution >= 0.6 is 23.2 Å². The maximum absolute atomic E-state index is 12.2. The molecular weight excluding hydrogens is 379 g/mol. The third-order valence-electron chi connectivity index (χ3n) is 3.43. The minimum absolute atomic E-state index is 0.234. The minimum atomic E-state index is -1.05. The van der Waals surface area contributed by atoms with Crippen LogP contribution in [0.2, 0.25) is 5.02 Å². The van der Waals surface area contributed by atoms with Crippen molar-refractivity contribution in [2.75, 3.05) is 6.61 Å². The monoisotopic (exact) mass is 390 g/mol. The Balaban J connectivity index is 1.87. The van der Waals surface area contributed by atoms with Gasteiger partial charge in [-0.25, -0.2) is 9.78 Å². The molecule has 0 spiro atoms. The van der Waals surface area contributed by atoms with E-state index in [0.717, 1.165) is 5.56 Å². The van der Waals surface area contributed by atoms with Gasteiger partial charge in [0.15, 0.2) is 12.4 Å². The van der Waals surface area contributed by atoms with Crippen LogP contribution in [-0.4, -0.2) is 27.7 Å². The van der Waals surface area contributed by atoms with Crippen LogP contribution in [0.25, 0.3) is 22.0 Å². The number of carboxylic acids is 1. The average Bonchev–Trinajstić information content (AvgIpc) is 2.61. The molecule has 1 heterocycles. The topological polar surface area (TPSA) is 92.3 Å². The van der Waals surface area contributed by atoms with Crippen molar-refractivity contribution in [2.24, 2.45) is 0 Å². The van der Waals surface area contributed by atoms with Gasteiger partial charge < -0.3 is 14.8 Å². The first kappa shape index (κ1) is 18.0. The second-order valence-corrected chi connectivity index (χ2v) is 6.16. The highest BCUT2D eigenvalue weighted by Gasteiger charge is 2.08. The summed E-state index contributed by atoms with van der Waals surface area (Å²) in [5.74, 6) is -0.392. The Hall–Kier alpha value is -2.83. The first-order valence-corrected chi connectivity index (χ1v) is 8.20. The van der Waals surface area contributed by atoms with Gasteiger partial charge in [0.25, 0.3) is 5.56 Å². The normalized spacial score (nSPS) is 11.5. The van der Waals surface area contributed by atoms with Gasteiger partial charge in [0, 0.05) is 5.02 Å². The zero-order valence-corrected chi connectivity index (χ0v) is 14.7. The molecule has 0 saturated heterocycles. The molecule has 0 aliphatic rings. The molecule has 0 aliphatic heterocycles. The molecule has 0 saturated carbocycles. The van der Waals surface area contributed by atoms with Gasteiger partial charge >= 0.3 is 5.97 Å². The summed E-state index contributed by atoms with van der Waals surface area (Å²) < 4.78 is 5.06. The zero-order valence-electron chi connectivity index (χ0n) is 13.2. The lowest BCUT2D eigenvalue weighted by Crippen LogP contribution is -2.10. The molecule has 1 aromatic heterocycles. The molecule has 2 N–H and O–H groups in total. The number of H-pyrrole nitrogens is 1. The third-order valence-corrected chi connectivity index (χ3v) is 3.95. The van der Waals surface area contributed by atoms with Crippen LogP contribution in [0.1, 0.15) is 11.4 Å². The standard InChI is InChI=1S/C18H12Cl2N2O4/c19-11-3-6-15-13(8-11)18(25)22-17(21-15)14(20)7-10-1-4-12(5-2-10)26-9-16(23)24/h1-8H,9H2,(H,23,24)(H,21,22,25)/b14-7-. The first-order chi connectivity index (χ1) is 12.4. The fraction of sp³-hybridized carbons (Fsp3) is 0.0556. The molecule has 0 unspecified atom stereocenters. The van der Waals surface area contributed by atoms with Gasteiger partial charge in [-0.2, -0.15) is 0 Å². The van der Waals surface area contributed by atoms with Crippen LogP contribution in [0.4, 0.5) is 0 Å². The number of hydrogen-bond donors (Lipinski definition) is 2. The number of rotatable bonds is 5. The van der Waals surface area contributed by atoms with E-state index in [0.29, 0.717) is 21.7 Å². The molecule has 0 radical (unpaired) electrons. The lowest BCUT2D eigenvalue weighted by molar-refractivity contribution is -0.139. The lowest BCUT2D eigenvalue weighted by atomic mass is 10.2. The molecule has 3 aromatic rings. The second kappa shape index (κ2) is 7.59. The summed E-state index contributed by atoms with van der Waals surface area (Å²) in [6, 6.07) is 11.5. The molecular formula is C18H12Cl2N2O4. The van der Waals surface area contributed by atoms with Crippen molar-refractivity contribution in [2.45, 2.75) is 0 Å². The Morgan fingerprint density at radius 2 is 1.96 bits per heavy atom. The number of nitrogens with one attached hydrogen (secondary N) is 1. The highest BCUT2D eigenvalue weighted by Crippen LogP contribution is 2.22. The van der Waals surface area contributed by atoms with Crippen LogP contribution in [0.3, 0.4) is 0 Å². The summed E-state index contributed by atoms with van der Waals surface area (Å²) in [7, 11) is 0. The predicted molar refractivity (Wildman–Crippen MR) is 101 cm³/mol. The van der Waals surface area contributed by atoms with Gasteiger partial charge in [0.05, 0.1) is 15.9 Å². The van der Waals surface area contributed by atoms with Gasteiger partial charge in [-0.05, 0) is 42.0 Å². The van der Waals surface area contributed by atoms with Crippen LogP contribution in [0.15, 0.2) is 47.3 Å². The number of nitrogens with zero attached hydrogens (tertiary/aromatic N) is 1. The number of aromatic nitrogens is 2. The van der Waals surface area contributed by atoms with E-state index in [9.17, 15) is 9.59 Å². The van der Waals surface area contributed by atoms with E-state index >= 15 is 0 Å². The lowest BCUT2D eigenvalue weighted by Gasteiger charge is -2.04. The van der Waals surface area contributed by atoms with E-state index in [1.807, 2.05) is 0 Å². The molecule has 0 fully saturated rings. The molecule has 0 bridgehead atoms.